The minimum absolute atomic E-state index is 0.232. The zero-order valence-corrected chi connectivity index (χ0v) is 13.2. The van der Waals surface area contributed by atoms with E-state index in [9.17, 15) is 0 Å². The molecule has 2 rings (SSSR count). The van der Waals surface area contributed by atoms with E-state index in [0.717, 1.165) is 31.3 Å². The van der Waals surface area contributed by atoms with Gasteiger partial charge in [0.25, 0.3) is 0 Å². The summed E-state index contributed by atoms with van der Waals surface area (Å²) in [4.78, 5) is 2.47. The Kier molecular flexibility index (Phi) is 5.30. The highest BCUT2D eigenvalue weighted by molar-refractivity contribution is 5.49. The summed E-state index contributed by atoms with van der Waals surface area (Å²) in [5.74, 6) is 1.70. The lowest BCUT2D eigenvalue weighted by molar-refractivity contribution is 0.242. The molecule has 1 aliphatic rings. The van der Waals surface area contributed by atoms with E-state index in [4.69, 9.17) is 4.74 Å². The van der Waals surface area contributed by atoms with Crippen molar-refractivity contribution in [2.75, 3.05) is 24.5 Å². The molecule has 1 N–H and O–H groups in total. The number of nitrogens with one attached hydrogen (secondary N) is 1. The lowest BCUT2D eigenvalue weighted by Crippen LogP contribution is -2.51. The van der Waals surface area contributed by atoms with Crippen LogP contribution >= 0.6 is 0 Å². The number of piperazine rings is 1. The summed E-state index contributed by atoms with van der Waals surface area (Å²) in [5, 5.41) is 3.62. The van der Waals surface area contributed by atoms with Gasteiger partial charge in [-0.25, -0.2) is 0 Å². The normalized spacial score (nSPS) is 19.7. The second-order valence-corrected chi connectivity index (χ2v) is 6.39. The van der Waals surface area contributed by atoms with E-state index < -0.39 is 0 Å². The van der Waals surface area contributed by atoms with Crippen molar-refractivity contribution in [1.29, 1.82) is 0 Å². The lowest BCUT2D eigenvalue weighted by atomic mass is 10.0. The van der Waals surface area contributed by atoms with Crippen molar-refractivity contribution in [2.24, 2.45) is 5.92 Å². The number of rotatable bonds is 5. The van der Waals surface area contributed by atoms with E-state index in [1.54, 1.807) is 0 Å². The highest BCUT2D eigenvalue weighted by Gasteiger charge is 2.20. The molecule has 1 aliphatic heterocycles. The smallest absolute Gasteiger partial charge is 0.119 e. The summed E-state index contributed by atoms with van der Waals surface area (Å²) in [6.07, 6.45) is 1.47. The van der Waals surface area contributed by atoms with Gasteiger partial charge in [-0.15, -0.1) is 0 Å². The molecule has 1 heterocycles. The standard InChI is InChI=1S/C17H28N2O/c1-13(2)11-15-12-19(10-9-18-15)16-5-7-17(8-6-16)20-14(3)4/h5-8,13-15,18H,9-12H2,1-4H3. The number of hydrogen-bond acceptors (Lipinski definition) is 3. The van der Waals surface area contributed by atoms with Crippen LogP contribution in [0.5, 0.6) is 5.75 Å². The molecule has 3 nitrogen and oxygen atoms in total. The Morgan fingerprint density at radius 2 is 1.90 bits per heavy atom. The van der Waals surface area contributed by atoms with Gasteiger partial charge in [0.1, 0.15) is 5.75 Å². The van der Waals surface area contributed by atoms with Gasteiger partial charge in [0.05, 0.1) is 6.10 Å². The van der Waals surface area contributed by atoms with Gasteiger partial charge < -0.3 is 15.0 Å². The van der Waals surface area contributed by atoms with Crippen LogP contribution in [0.3, 0.4) is 0 Å². The molecule has 1 saturated heterocycles. The number of hydrogen-bond donors (Lipinski definition) is 1. The van der Waals surface area contributed by atoms with Crippen LogP contribution in [0.4, 0.5) is 5.69 Å². The van der Waals surface area contributed by atoms with Crippen molar-refractivity contribution in [3.63, 3.8) is 0 Å². The monoisotopic (exact) mass is 276 g/mol. The summed E-state index contributed by atoms with van der Waals surface area (Å²) in [6, 6.07) is 9.12. The first-order valence-electron chi connectivity index (χ1n) is 7.79. The third-order valence-corrected chi connectivity index (χ3v) is 3.59. The zero-order chi connectivity index (χ0) is 14.5. The summed E-state index contributed by atoms with van der Waals surface area (Å²) in [6.45, 7) is 11.9. The molecule has 1 fully saturated rings. The van der Waals surface area contributed by atoms with Crippen LogP contribution < -0.4 is 15.0 Å². The molecule has 0 bridgehead atoms. The molecule has 0 aliphatic carbocycles. The van der Waals surface area contributed by atoms with E-state index in [2.05, 4.69) is 62.2 Å². The number of ether oxygens (including phenoxy) is 1. The van der Waals surface area contributed by atoms with Gasteiger partial charge in [-0.3, -0.25) is 0 Å². The molecule has 0 spiro atoms. The second-order valence-electron chi connectivity index (χ2n) is 6.39. The minimum atomic E-state index is 0.232. The predicted octanol–water partition coefficient (Wildman–Crippen LogP) is 3.30. The Hall–Kier alpha value is -1.22. The fourth-order valence-corrected chi connectivity index (χ4v) is 2.79. The largest absolute Gasteiger partial charge is 0.491 e. The van der Waals surface area contributed by atoms with E-state index in [1.165, 1.54) is 12.1 Å². The molecule has 1 aromatic carbocycles. The lowest BCUT2D eigenvalue weighted by Gasteiger charge is -2.36. The molecule has 1 aromatic rings. The fraction of sp³-hybridized carbons (Fsp3) is 0.647. The van der Waals surface area contributed by atoms with Gasteiger partial charge in [0, 0.05) is 31.4 Å². The minimum Gasteiger partial charge on any atom is -0.491 e. The first kappa shape index (κ1) is 15.2. The van der Waals surface area contributed by atoms with Gasteiger partial charge in [0.2, 0.25) is 0 Å². The van der Waals surface area contributed by atoms with E-state index in [-0.39, 0.29) is 6.10 Å². The molecule has 0 saturated carbocycles. The SMILES string of the molecule is CC(C)CC1CN(c2ccc(OC(C)C)cc2)CCN1. The molecule has 0 amide bonds. The Labute approximate surface area is 123 Å². The number of anilines is 1. The van der Waals surface area contributed by atoms with E-state index in [0.29, 0.717) is 6.04 Å². The van der Waals surface area contributed by atoms with Crippen LogP contribution in [0.15, 0.2) is 24.3 Å². The van der Waals surface area contributed by atoms with Crippen LogP contribution in [0.25, 0.3) is 0 Å². The van der Waals surface area contributed by atoms with Crippen molar-refractivity contribution < 1.29 is 4.74 Å². The maximum absolute atomic E-state index is 5.70. The van der Waals surface area contributed by atoms with Crippen molar-refractivity contribution in [3.05, 3.63) is 24.3 Å². The fourth-order valence-electron chi connectivity index (χ4n) is 2.79. The molecular weight excluding hydrogens is 248 g/mol. The first-order chi connectivity index (χ1) is 9.54. The third-order valence-electron chi connectivity index (χ3n) is 3.59. The maximum atomic E-state index is 5.70. The van der Waals surface area contributed by atoms with Crippen molar-refractivity contribution in [3.8, 4) is 5.75 Å². The summed E-state index contributed by atoms with van der Waals surface area (Å²) >= 11 is 0. The summed E-state index contributed by atoms with van der Waals surface area (Å²) < 4.78 is 5.70. The van der Waals surface area contributed by atoms with Crippen LogP contribution in [0.1, 0.15) is 34.1 Å². The molecule has 1 unspecified atom stereocenters. The molecule has 0 radical (unpaired) electrons. The van der Waals surface area contributed by atoms with Crippen LogP contribution in [-0.4, -0.2) is 31.8 Å². The Morgan fingerprint density at radius 1 is 1.20 bits per heavy atom. The first-order valence-corrected chi connectivity index (χ1v) is 7.79. The third kappa shape index (κ3) is 4.41. The summed E-state index contributed by atoms with van der Waals surface area (Å²) in [5.41, 5.74) is 1.30. The molecule has 112 valence electrons. The second kappa shape index (κ2) is 6.98. The Morgan fingerprint density at radius 3 is 2.50 bits per heavy atom. The van der Waals surface area contributed by atoms with E-state index in [1.807, 2.05) is 0 Å². The summed E-state index contributed by atoms with van der Waals surface area (Å²) in [7, 11) is 0. The Bertz CT molecular complexity index is 400. The highest BCUT2D eigenvalue weighted by atomic mass is 16.5. The average Bonchev–Trinajstić information content (AvgIpc) is 2.38. The number of nitrogens with zero attached hydrogens (tertiary/aromatic N) is 1. The average molecular weight is 276 g/mol. The van der Waals surface area contributed by atoms with Crippen molar-refractivity contribution >= 4 is 5.69 Å². The maximum Gasteiger partial charge on any atom is 0.119 e. The zero-order valence-electron chi connectivity index (χ0n) is 13.2. The van der Waals surface area contributed by atoms with E-state index >= 15 is 0 Å². The molecule has 3 heteroatoms. The topological polar surface area (TPSA) is 24.5 Å². The molecular formula is C17H28N2O. The van der Waals surface area contributed by atoms with Crippen LogP contribution in [-0.2, 0) is 0 Å². The van der Waals surface area contributed by atoms with Crippen LogP contribution in [0.2, 0.25) is 0 Å². The van der Waals surface area contributed by atoms with Crippen LogP contribution in [0, 0.1) is 5.92 Å². The highest BCUT2D eigenvalue weighted by Crippen LogP contribution is 2.22. The van der Waals surface area contributed by atoms with Gasteiger partial charge >= 0.3 is 0 Å². The van der Waals surface area contributed by atoms with Crippen molar-refractivity contribution in [1.82, 2.24) is 5.32 Å². The Balaban J connectivity index is 1.96. The van der Waals surface area contributed by atoms with Crippen molar-refractivity contribution in [2.45, 2.75) is 46.3 Å². The quantitative estimate of drug-likeness (QED) is 0.893. The van der Waals surface area contributed by atoms with Gasteiger partial charge in [-0.1, -0.05) is 13.8 Å². The molecule has 20 heavy (non-hydrogen) atoms. The van der Waals surface area contributed by atoms with Gasteiger partial charge in [-0.05, 0) is 50.5 Å². The molecule has 0 aromatic heterocycles. The van der Waals surface area contributed by atoms with Gasteiger partial charge in [0.15, 0.2) is 0 Å². The predicted molar refractivity (Wildman–Crippen MR) is 85.7 cm³/mol. The van der Waals surface area contributed by atoms with Gasteiger partial charge in [-0.2, -0.15) is 0 Å². The number of benzene rings is 1. The molecule has 1 atom stereocenters.